The van der Waals surface area contributed by atoms with Crippen molar-refractivity contribution in [2.75, 3.05) is 26.5 Å². The fourth-order valence-corrected chi connectivity index (χ4v) is 3.94. The molecule has 0 amide bonds. The lowest BCUT2D eigenvalue weighted by Crippen LogP contribution is -2.39. The predicted octanol–water partition coefficient (Wildman–Crippen LogP) is 4.96. The van der Waals surface area contributed by atoms with Crippen LogP contribution >= 0.6 is 0 Å². The molecule has 0 aliphatic carbocycles. The molecule has 2 aliphatic heterocycles. The number of nitrogens with zero attached hydrogens (tertiary/aromatic N) is 1. The molecule has 0 bridgehead atoms. The van der Waals surface area contributed by atoms with Gasteiger partial charge in [0, 0.05) is 25.1 Å². The number of piperidine rings is 1. The first-order valence-corrected chi connectivity index (χ1v) is 9.91. The van der Waals surface area contributed by atoms with Crippen molar-refractivity contribution in [1.29, 1.82) is 0 Å². The van der Waals surface area contributed by atoms with Crippen LogP contribution < -0.4 is 14.2 Å². The molecule has 0 N–H and O–H groups in total. The van der Waals surface area contributed by atoms with Gasteiger partial charge in [-0.15, -0.1) is 0 Å². The summed E-state index contributed by atoms with van der Waals surface area (Å²) in [4.78, 5) is 2.36. The van der Waals surface area contributed by atoms with Crippen molar-refractivity contribution in [3.63, 3.8) is 0 Å². The zero-order valence-electron chi connectivity index (χ0n) is 16.1. The first-order chi connectivity index (χ1) is 13.7. The average molecular weight is 383 g/mol. The number of rotatable bonds is 6. The molecule has 4 rings (SSSR count). The Morgan fingerprint density at radius 2 is 1.96 bits per heavy atom. The molecule has 0 saturated carbocycles. The molecule has 2 aromatic carbocycles. The van der Waals surface area contributed by atoms with Crippen LogP contribution in [0, 0.1) is 11.7 Å². The lowest BCUT2D eigenvalue weighted by molar-refractivity contribution is 0.141. The van der Waals surface area contributed by atoms with E-state index >= 15 is 0 Å². The number of halogens is 1. The van der Waals surface area contributed by atoms with Gasteiger partial charge in [-0.05, 0) is 54.8 Å². The van der Waals surface area contributed by atoms with E-state index in [1.165, 1.54) is 5.56 Å². The fourth-order valence-electron chi connectivity index (χ4n) is 3.94. The second kappa shape index (κ2) is 8.55. The van der Waals surface area contributed by atoms with Gasteiger partial charge in [0.05, 0.1) is 6.61 Å². The number of likely N-dealkylation sites (tertiary alicyclic amines) is 1. The maximum atomic E-state index is 13.4. The number of hydrogen-bond donors (Lipinski definition) is 0. The molecule has 0 unspecified atom stereocenters. The Kier molecular flexibility index (Phi) is 5.70. The van der Waals surface area contributed by atoms with Crippen molar-refractivity contribution in [2.24, 2.45) is 5.92 Å². The molecule has 0 aromatic heterocycles. The van der Waals surface area contributed by atoms with Gasteiger partial charge in [-0.1, -0.05) is 25.1 Å². The van der Waals surface area contributed by atoms with Crippen molar-refractivity contribution in [2.45, 2.75) is 25.7 Å². The largest absolute Gasteiger partial charge is 0.493 e. The maximum Gasteiger partial charge on any atom is 0.231 e. The number of fused-ring (bicyclic) bond motifs is 1. The van der Waals surface area contributed by atoms with Gasteiger partial charge >= 0.3 is 0 Å². The summed E-state index contributed by atoms with van der Waals surface area (Å²) in [5, 5.41) is 0. The summed E-state index contributed by atoms with van der Waals surface area (Å²) in [5.41, 5.74) is 1.18. The molecule has 148 valence electrons. The molecule has 2 aromatic rings. The molecule has 2 heterocycles. The van der Waals surface area contributed by atoms with Crippen LogP contribution in [-0.2, 0) is 0 Å². The second-order valence-corrected chi connectivity index (χ2v) is 7.32. The van der Waals surface area contributed by atoms with Crippen LogP contribution in [-0.4, -0.2) is 31.4 Å². The van der Waals surface area contributed by atoms with Crippen LogP contribution in [0.1, 0.15) is 31.2 Å². The lowest BCUT2D eigenvalue weighted by Gasteiger charge is -2.38. The molecular weight excluding hydrogens is 357 g/mol. The highest BCUT2D eigenvalue weighted by Crippen LogP contribution is 2.37. The molecule has 0 radical (unpaired) electrons. The van der Waals surface area contributed by atoms with Gasteiger partial charge in [0.15, 0.2) is 11.5 Å². The quantitative estimate of drug-likeness (QED) is 0.705. The summed E-state index contributed by atoms with van der Waals surface area (Å²) in [6.45, 7) is 4.91. The van der Waals surface area contributed by atoms with Gasteiger partial charge in [-0.25, -0.2) is 4.39 Å². The molecule has 4 nitrogen and oxygen atoms in total. The minimum absolute atomic E-state index is 0.194. The van der Waals surface area contributed by atoms with Crippen molar-refractivity contribution >= 4 is 0 Å². The monoisotopic (exact) mass is 383 g/mol. The van der Waals surface area contributed by atoms with Crippen LogP contribution in [0.2, 0.25) is 0 Å². The third-order valence-corrected chi connectivity index (χ3v) is 5.42. The first-order valence-electron chi connectivity index (χ1n) is 9.91. The summed E-state index contributed by atoms with van der Waals surface area (Å²) in [5.74, 6) is 2.73. The van der Waals surface area contributed by atoms with E-state index in [9.17, 15) is 4.39 Å². The zero-order chi connectivity index (χ0) is 19.3. The second-order valence-electron chi connectivity index (χ2n) is 7.32. The predicted molar refractivity (Wildman–Crippen MR) is 106 cm³/mol. The van der Waals surface area contributed by atoms with Gasteiger partial charge in [0.2, 0.25) is 6.79 Å². The van der Waals surface area contributed by atoms with Crippen LogP contribution in [0.4, 0.5) is 4.39 Å². The number of allylic oxidation sites excluding steroid dienone is 1. The summed E-state index contributed by atoms with van der Waals surface area (Å²) in [6.07, 6.45) is 6.42. The summed E-state index contributed by atoms with van der Waals surface area (Å²) in [6, 6.07) is 12.6. The van der Waals surface area contributed by atoms with Gasteiger partial charge < -0.3 is 19.1 Å². The standard InChI is InChI=1S/C23H26FNO3/c1-2-3-11-25-12-10-21(17-4-6-19(24)7-5-17)18(14-25)15-26-20-8-9-22-23(13-20)28-16-27-22/h3-9,11,13,18,21H,2,10,12,14-16H2,1H3/t18-,21-/m0/s1. The smallest absolute Gasteiger partial charge is 0.231 e. The van der Waals surface area contributed by atoms with E-state index < -0.39 is 0 Å². The van der Waals surface area contributed by atoms with E-state index in [1.54, 1.807) is 12.1 Å². The zero-order valence-corrected chi connectivity index (χ0v) is 16.1. The highest BCUT2D eigenvalue weighted by Gasteiger charge is 2.30. The third kappa shape index (κ3) is 4.24. The normalized spacial score (nSPS) is 21.3. The highest BCUT2D eigenvalue weighted by atomic mass is 19.1. The van der Waals surface area contributed by atoms with Gasteiger partial charge in [0.25, 0.3) is 0 Å². The summed E-state index contributed by atoms with van der Waals surface area (Å²) >= 11 is 0. The summed E-state index contributed by atoms with van der Waals surface area (Å²) < 4.78 is 30.3. The molecule has 1 fully saturated rings. The number of hydrogen-bond acceptors (Lipinski definition) is 4. The van der Waals surface area contributed by atoms with Crippen LogP contribution in [0.5, 0.6) is 17.2 Å². The Morgan fingerprint density at radius 3 is 2.79 bits per heavy atom. The van der Waals surface area contributed by atoms with E-state index in [4.69, 9.17) is 14.2 Å². The molecular formula is C23H26FNO3. The van der Waals surface area contributed by atoms with Crippen molar-refractivity contribution in [3.05, 3.63) is 66.1 Å². The number of ether oxygens (including phenoxy) is 3. The first kappa shape index (κ1) is 18.7. The van der Waals surface area contributed by atoms with E-state index in [0.29, 0.717) is 18.4 Å². The fraction of sp³-hybridized carbons (Fsp3) is 0.391. The van der Waals surface area contributed by atoms with Crippen LogP contribution in [0.15, 0.2) is 54.7 Å². The summed E-state index contributed by atoms with van der Waals surface area (Å²) in [7, 11) is 0. The molecule has 0 spiro atoms. The average Bonchev–Trinajstić information content (AvgIpc) is 3.19. The molecule has 2 aliphatic rings. The minimum Gasteiger partial charge on any atom is -0.493 e. The maximum absolute atomic E-state index is 13.4. The highest BCUT2D eigenvalue weighted by molar-refractivity contribution is 5.46. The van der Waals surface area contributed by atoms with E-state index in [1.807, 2.05) is 30.3 Å². The Bertz CT molecular complexity index is 821. The Labute approximate surface area is 165 Å². The van der Waals surface area contributed by atoms with Crippen molar-refractivity contribution < 1.29 is 18.6 Å². The van der Waals surface area contributed by atoms with Crippen LogP contribution in [0.25, 0.3) is 0 Å². The number of benzene rings is 2. The molecule has 5 heteroatoms. The molecule has 28 heavy (non-hydrogen) atoms. The van der Waals surface area contributed by atoms with Crippen LogP contribution in [0.3, 0.4) is 0 Å². The lowest BCUT2D eigenvalue weighted by atomic mass is 9.81. The Balaban J connectivity index is 1.48. The Hall–Kier alpha value is -2.69. The van der Waals surface area contributed by atoms with Gasteiger partial charge in [-0.2, -0.15) is 0 Å². The minimum atomic E-state index is -0.194. The third-order valence-electron chi connectivity index (χ3n) is 5.42. The topological polar surface area (TPSA) is 30.9 Å². The molecule has 2 atom stereocenters. The SMILES string of the molecule is CCC=CN1CC[C@@H](c2ccc(F)cc2)[C@H](COc2ccc3c(c2)OCO3)C1. The van der Waals surface area contributed by atoms with Gasteiger partial charge in [0.1, 0.15) is 11.6 Å². The Morgan fingerprint density at radius 1 is 1.14 bits per heavy atom. The van der Waals surface area contributed by atoms with E-state index in [2.05, 4.69) is 24.1 Å². The van der Waals surface area contributed by atoms with Gasteiger partial charge in [-0.3, -0.25) is 0 Å². The van der Waals surface area contributed by atoms with E-state index in [-0.39, 0.29) is 12.6 Å². The molecule has 1 saturated heterocycles. The van der Waals surface area contributed by atoms with E-state index in [0.717, 1.165) is 43.2 Å². The van der Waals surface area contributed by atoms with Crippen molar-refractivity contribution in [3.8, 4) is 17.2 Å². The van der Waals surface area contributed by atoms with Crippen molar-refractivity contribution in [1.82, 2.24) is 4.90 Å².